The van der Waals surface area contributed by atoms with Crippen LogP contribution < -0.4 is 15.0 Å². The summed E-state index contributed by atoms with van der Waals surface area (Å²) in [4.78, 5) is 14.3. The molecule has 3 rings (SSSR count). The summed E-state index contributed by atoms with van der Waals surface area (Å²) in [6.45, 7) is 2.10. The highest BCUT2D eigenvalue weighted by Gasteiger charge is 2.15. The minimum absolute atomic E-state index is 0.144. The lowest BCUT2D eigenvalue weighted by atomic mass is 10.1. The monoisotopic (exact) mass is 346 g/mol. The number of nitrogens with one attached hydrogen (secondary N) is 1. The average molecular weight is 346 g/mol. The highest BCUT2D eigenvalue weighted by Crippen LogP contribution is 2.24. The molecule has 25 heavy (non-hydrogen) atoms. The number of amides is 1. The molecule has 0 atom stereocenters. The van der Waals surface area contributed by atoms with Crippen molar-refractivity contribution in [2.24, 2.45) is 0 Å². The Bertz CT molecular complexity index is 746. The number of benzene rings is 2. The van der Waals surface area contributed by atoms with Crippen LogP contribution in [0, 0.1) is 11.6 Å². The van der Waals surface area contributed by atoms with Crippen molar-refractivity contribution >= 4 is 11.6 Å². The molecule has 4 nitrogen and oxygen atoms in total. The maximum absolute atomic E-state index is 13.5. The summed E-state index contributed by atoms with van der Waals surface area (Å²) in [7, 11) is 0. The standard InChI is InChI=1S/C19H20F2N2O2/c20-15-7-8-18(16(21)11-15)25-13-19(24)22-12-14-5-1-2-6-17(14)23-9-3-4-10-23/h1-2,5-8,11H,3-4,9-10,12-13H2,(H,22,24). The number of ether oxygens (including phenoxy) is 1. The number of rotatable bonds is 6. The van der Waals surface area contributed by atoms with Crippen LogP contribution in [0.1, 0.15) is 18.4 Å². The summed E-state index contributed by atoms with van der Waals surface area (Å²) in [6.07, 6.45) is 2.36. The number of hydrogen-bond acceptors (Lipinski definition) is 3. The zero-order valence-electron chi connectivity index (χ0n) is 13.8. The van der Waals surface area contributed by atoms with E-state index in [4.69, 9.17) is 4.74 Å². The van der Waals surface area contributed by atoms with E-state index in [2.05, 4.69) is 16.3 Å². The van der Waals surface area contributed by atoms with Crippen LogP contribution in [0.25, 0.3) is 0 Å². The lowest BCUT2D eigenvalue weighted by molar-refractivity contribution is -0.123. The van der Waals surface area contributed by atoms with Gasteiger partial charge in [0, 0.05) is 31.4 Å². The first-order valence-corrected chi connectivity index (χ1v) is 8.31. The van der Waals surface area contributed by atoms with Gasteiger partial charge in [-0.3, -0.25) is 4.79 Å². The minimum Gasteiger partial charge on any atom is -0.481 e. The molecule has 2 aromatic carbocycles. The van der Waals surface area contributed by atoms with Gasteiger partial charge in [-0.1, -0.05) is 18.2 Å². The highest BCUT2D eigenvalue weighted by molar-refractivity contribution is 5.77. The van der Waals surface area contributed by atoms with Crippen LogP contribution in [-0.4, -0.2) is 25.6 Å². The lowest BCUT2D eigenvalue weighted by Crippen LogP contribution is -2.29. The summed E-state index contributed by atoms with van der Waals surface area (Å²) in [5.41, 5.74) is 2.16. The zero-order chi connectivity index (χ0) is 17.6. The van der Waals surface area contributed by atoms with E-state index in [1.54, 1.807) is 0 Å². The first-order valence-electron chi connectivity index (χ1n) is 8.31. The van der Waals surface area contributed by atoms with Crippen molar-refractivity contribution < 1.29 is 18.3 Å². The third kappa shape index (κ3) is 4.47. The van der Waals surface area contributed by atoms with Crippen LogP contribution in [0.3, 0.4) is 0 Å². The number of para-hydroxylation sites is 1. The summed E-state index contributed by atoms with van der Waals surface area (Å²) < 4.78 is 31.4. The number of anilines is 1. The van der Waals surface area contributed by atoms with E-state index in [1.165, 1.54) is 18.9 Å². The molecule has 0 aromatic heterocycles. The van der Waals surface area contributed by atoms with Gasteiger partial charge in [0.1, 0.15) is 5.82 Å². The molecular weight excluding hydrogens is 326 g/mol. The summed E-state index contributed by atoms with van der Waals surface area (Å²) in [6, 6.07) is 10.9. The predicted molar refractivity (Wildman–Crippen MR) is 91.6 cm³/mol. The highest BCUT2D eigenvalue weighted by atomic mass is 19.1. The van der Waals surface area contributed by atoms with Crippen molar-refractivity contribution in [3.8, 4) is 5.75 Å². The number of carbonyl (C=O) groups excluding carboxylic acids is 1. The van der Waals surface area contributed by atoms with E-state index in [9.17, 15) is 13.6 Å². The molecule has 0 saturated carbocycles. The lowest BCUT2D eigenvalue weighted by Gasteiger charge is -2.21. The Balaban J connectivity index is 1.54. The molecule has 1 aliphatic heterocycles. The second-order valence-electron chi connectivity index (χ2n) is 5.96. The van der Waals surface area contributed by atoms with Crippen molar-refractivity contribution in [3.63, 3.8) is 0 Å². The normalized spacial score (nSPS) is 13.8. The fraction of sp³-hybridized carbons (Fsp3) is 0.316. The molecule has 1 amide bonds. The quantitative estimate of drug-likeness (QED) is 0.873. The van der Waals surface area contributed by atoms with E-state index in [-0.39, 0.29) is 18.3 Å². The fourth-order valence-electron chi connectivity index (χ4n) is 2.91. The molecule has 6 heteroatoms. The Kier molecular flexibility index (Phi) is 5.48. The van der Waals surface area contributed by atoms with Crippen molar-refractivity contribution in [1.29, 1.82) is 0 Å². The molecule has 0 spiro atoms. The van der Waals surface area contributed by atoms with Crippen molar-refractivity contribution in [2.75, 3.05) is 24.6 Å². The summed E-state index contributed by atoms with van der Waals surface area (Å²) in [5, 5.41) is 2.78. The molecule has 0 radical (unpaired) electrons. The van der Waals surface area contributed by atoms with Gasteiger partial charge in [-0.25, -0.2) is 8.78 Å². The van der Waals surface area contributed by atoms with Crippen molar-refractivity contribution in [3.05, 3.63) is 59.7 Å². The van der Waals surface area contributed by atoms with Crippen LogP contribution in [-0.2, 0) is 11.3 Å². The molecular formula is C19H20F2N2O2. The maximum Gasteiger partial charge on any atom is 0.258 e. The topological polar surface area (TPSA) is 41.6 Å². The van der Waals surface area contributed by atoms with Gasteiger partial charge in [0.15, 0.2) is 18.2 Å². The van der Waals surface area contributed by atoms with Crippen LogP contribution >= 0.6 is 0 Å². The Morgan fingerprint density at radius 3 is 2.64 bits per heavy atom. The van der Waals surface area contributed by atoms with E-state index in [1.807, 2.05) is 18.2 Å². The Morgan fingerprint density at radius 2 is 1.88 bits per heavy atom. The average Bonchev–Trinajstić information content (AvgIpc) is 3.14. The van der Waals surface area contributed by atoms with E-state index in [0.29, 0.717) is 6.54 Å². The molecule has 0 aliphatic carbocycles. The minimum atomic E-state index is -0.827. The first kappa shape index (κ1) is 17.2. The molecule has 2 aromatic rings. The molecule has 1 saturated heterocycles. The van der Waals surface area contributed by atoms with Gasteiger partial charge in [-0.05, 0) is 36.6 Å². The van der Waals surface area contributed by atoms with Gasteiger partial charge in [0.05, 0.1) is 0 Å². The Labute approximate surface area is 145 Å². The number of halogens is 2. The molecule has 1 fully saturated rings. The largest absolute Gasteiger partial charge is 0.481 e. The summed E-state index contributed by atoms with van der Waals surface area (Å²) in [5.74, 6) is -2.02. The third-order valence-corrected chi connectivity index (χ3v) is 4.17. The molecule has 1 aliphatic rings. The van der Waals surface area contributed by atoms with Gasteiger partial charge in [-0.15, -0.1) is 0 Å². The number of nitrogens with zero attached hydrogens (tertiary/aromatic N) is 1. The van der Waals surface area contributed by atoms with E-state index >= 15 is 0 Å². The molecule has 1 N–H and O–H groups in total. The maximum atomic E-state index is 13.5. The van der Waals surface area contributed by atoms with Gasteiger partial charge < -0.3 is 15.0 Å². The van der Waals surface area contributed by atoms with Crippen molar-refractivity contribution in [2.45, 2.75) is 19.4 Å². The zero-order valence-corrected chi connectivity index (χ0v) is 13.8. The number of hydrogen-bond donors (Lipinski definition) is 1. The molecule has 0 bridgehead atoms. The first-order chi connectivity index (χ1) is 12.1. The third-order valence-electron chi connectivity index (χ3n) is 4.17. The van der Waals surface area contributed by atoms with Crippen LogP contribution in [0.5, 0.6) is 5.75 Å². The van der Waals surface area contributed by atoms with Gasteiger partial charge >= 0.3 is 0 Å². The predicted octanol–water partition coefficient (Wildman–Crippen LogP) is 3.26. The van der Waals surface area contributed by atoms with E-state index in [0.717, 1.165) is 36.5 Å². The SMILES string of the molecule is O=C(COc1ccc(F)cc1F)NCc1ccccc1N1CCCC1. The van der Waals surface area contributed by atoms with Gasteiger partial charge in [0.25, 0.3) is 5.91 Å². The molecule has 1 heterocycles. The molecule has 132 valence electrons. The van der Waals surface area contributed by atoms with Gasteiger partial charge in [-0.2, -0.15) is 0 Å². The number of carbonyl (C=O) groups is 1. The van der Waals surface area contributed by atoms with Crippen LogP contribution in [0.4, 0.5) is 14.5 Å². The summed E-state index contributed by atoms with van der Waals surface area (Å²) >= 11 is 0. The van der Waals surface area contributed by atoms with Crippen LogP contribution in [0.2, 0.25) is 0 Å². The van der Waals surface area contributed by atoms with Gasteiger partial charge in [0.2, 0.25) is 0 Å². The van der Waals surface area contributed by atoms with Crippen LogP contribution in [0.15, 0.2) is 42.5 Å². The second-order valence-corrected chi connectivity index (χ2v) is 5.96. The Morgan fingerprint density at radius 1 is 1.12 bits per heavy atom. The van der Waals surface area contributed by atoms with E-state index < -0.39 is 11.6 Å². The smallest absolute Gasteiger partial charge is 0.258 e. The fourth-order valence-corrected chi connectivity index (χ4v) is 2.91. The second kappa shape index (κ2) is 7.96. The Hall–Kier alpha value is -2.63. The molecule has 0 unspecified atom stereocenters. The van der Waals surface area contributed by atoms with Crippen molar-refractivity contribution in [1.82, 2.24) is 5.32 Å².